The fraction of sp³-hybridized carbons (Fsp3) is 0.176. The molecule has 2 aromatic rings. The lowest BCUT2D eigenvalue weighted by molar-refractivity contribution is -0.146. The first-order chi connectivity index (χ1) is 11.8. The summed E-state index contributed by atoms with van der Waals surface area (Å²) in [4.78, 5) is 16.4. The predicted molar refractivity (Wildman–Crippen MR) is 102 cm³/mol. The van der Waals surface area contributed by atoms with Crippen LogP contribution in [0.1, 0.15) is 11.1 Å². The van der Waals surface area contributed by atoms with Crippen molar-refractivity contribution in [2.45, 2.75) is 13.3 Å². The minimum Gasteiger partial charge on any atom is -0.482 e. The van der Waals surface area contributed by atoms with Crippen LogP contribution in [0.25, 0.3) is 0 Å². The van der Waals surface area contributed by atoms with Crippen LogP contribution >= 0.6 is 39.1 Å². The van der Waals surface area contributed by atoms with Crippen molar-refractivity contribution in [2.24, 2.45) is 10.9 Å². The lowest BCUT2D eigenvalue weighted by atomic mass is 10.1. The Morgan fingerprint density at radius 3 is 2.68 bits per heavy atom. The van der Waals surface area contributed by atoms with Crippen LogP contribution < -0.4 is 10.5 Å². The van der Waals surface area contributed by atoms with Crippen molar-refractivity contribution in [1.82, 2.24) is 0 Å². The van der Waals surface area contributed by atoms with Crippen LogP contribution in [0.5, 0.6) is 5.75 Å². The molecule has 0 aliphatic carbocycles. The van der Waals surface area contributed by atoms with Crippen LogP contribution in [0.15, 0.2) is 46.0 Å². The highest BCUT2D eigenvalue weighted by atomic mass is 79.9. The van der Waals surface area contributed by atoms with Gasteiger partial charge in [-0.2, -0.15) is 0 Å². The molecule has 0 saturated heterocycles. The standard InChI is InChI=1S/C17H15BrCl2N2O3/c1-10-6-12(18)3-5-15(10)24-9-17(23)25-22-16(21)7-11-2-4-13(19)8-14(11)20/h2-6,8H,7,9H2,1H3,(H2,21,22). The maximum Gasteiger partial charge on any atom is 0.372 e. The molecule has 0 unspecified atom stereocenters. The summed E-state index contributed by atoms with van der Waals surface area (Å²) in [5, 5.41) is 4.59. The first kappa shape index (κ1) is 19.6. The third-order valence-corrected chi connectivity index (χ3v) is 4.21. The Bertz CT molecular complexity index is 812. The number of oxime groups is 1. The monoisotopic (exact) mass is 444 g/mol. The topological polar surface area (TPSA) is 73.9 Å². The van der Waals surface area contributed by atoms with Crippen LogP contribution in [-0.4, -0.2) is 18.4 Å². The van der Waals surface area contributed by atoms with Gasteiger partial charge in [0.2, 0.25) is 0 Å². The lowest BCUT2D eigenvalue weighted by Gasteiger charge is -2.08. The van der Waals surface area contributed by atoms with Crippen molar-refractivity contribution in [3.05, 3.63) is 62.0 Å². The molecule has 0 fully saturated rings. The second-order valence-electron chi connectivity index (χ2n) is 5.16. The van der Waals surface area contributed by atoms with Crippen LogP contribution in [0.4, 0.5) is 0 Å². The molecule has 0 heterocycles. The van der Waals surface area contributed by atoms with E-state index in [2.05, 4.69) is 21.1 Å². The fourth-order valence-electron chi connectivity index (χ4n) is 1.94. The van der Waals surface area contributed by atoms with Crippen LogP contribution in [0.2, 0.25) is 10.0 Å². The van der Waals surface area contributed by atoms with Crippen LogP contribution in [-0.2, 0) is 16.1 Å². The Balaban J connectivity index is 1.86. The zero-order chi connectivity index (χ0) is 18.4. The molecule has 2 aromatic carbocycles. The maximum atomic E-state index is 11.7. The number of halogens is 3. The molecule has 2 N–H and O–H groups in total. The van der Waals surface area contributed by atoms with Crippen molar-refractivity contribution in [3.63, 3.8) is 0 Å². The van der Waals surface area contributed by atoms with E-state index < -0.39 is 5.97 Å². The number of nitrogens with two attached hydrogens (primary N) is 1. The summed E-state index contributed by atoms with van der Waals surface area (Å²) < 4.78 is 6.32. The van der Waals surface area contributed by atoms with Gasteiger partial charge in [-0.1, -0.05) is 50.4 Å². The molecular weight excluding hydrogens is 431 g/mol. The molecule has 0 spiro atoms. The molecule has 0 bridgehead atoms. The molecule has 0 atom stereocenters. The molecule has 8 heteroatoms. The number of ether oxygens (including phenoxy) is 1. The number of benzene rings is 2. The van der Waals surface area contributed by atoms with Crippen molar-refractivity contribution < 1.29 is 14.4 Å². The molecule has 5 nitrogen and oxygen atoms in total. The molecule has 0 aliphatic rings. The predicted octanol–water partition coefficient (Wildman–Crippen LogP) is 4.50. The Hall–Kier alpha value is -1.76. The average molecular weight is 446 g/mol. The number of hydrogen-bond acceptors (Lipinski definition) is 4. The van der Waals surface area contributed by atoms with Gasteiger partial charge in [-0.15, -0.1) is 0 Å². The Morgan fingerprint density at radius 2 is 2.00 bits per heavy atom. The summed E-state index contributed by atoms with van der Waals surface area (Å²) in [7, 11) is 0. The summed E-state index contributed by atoms with van der Waals surface area (Å²) in [5.41, 5.74) is 7.36. The van der Waals surface area contributed by atoms with E-state index in [-0.39, 0.29) is 18.9 Å². The van der Waals surface area contributed by atoms with Gasteiger partial charge in [0, 0.05) is 20.9 Å². The van der Waals surface area contributed by atoms with Gasteiger partial charge in [-0.3, -0.25) is 0 Å². The number of hydrogen-bond donors (Lipinski definition) is 1. The number of rotatable bonds is 6. The third-order valence-electron chi connectivity index (χ3n) is 3.13. The van der Waals surface area contributed by atoms with Gasteiger partial charge >= 0.3 is 5.97 Å². The third kappa shape index (κ3) is 6.23. The highest BCUT2D eigenvalue weighted by molar-refractivity contribution is 9.10. The van der Waals surface area contributed by atoms with E-state index >= 15 is 0 Å². The van der Waals surface area contributed by atoms with E-state index in [4.69, 9.17) is 38.5 Å². The van der Waals surface area contributed by atoms with Gasteiger partial charge < -0.3 is 15.3 Å². The van der Waals surface area contributed by atoms with E-state index in [1.54, 1.807) is 24.3 Å². The summed E-state index contributed by atoms with van der Waals surface area (Å²) in [6.45, 7) is 1.60. The Kier molecular flexibility index (Phi) is 7.11. The molecule has 0 aliphatic heterocycles. The number of nitrogens with zero attached hydrogens (tertiary/aromatic N) is 1. The van der Waals surface area contributed by atoms with E-state index in [1.807, 2.05) is 19.1 Å². The Labute approximate surface area is 163 Å². The number of amidine groups is 1. The molecule has 2 rings (SSSR count). The largest absolute Gasteiger partial charge is 0.482 e. The van der Waals surface area contributed by atoms with E-state index in [0.717, 1.165) is 15.6 Å². The molecular formula is C17H15BrCl2N2O3. The van der Waals surface area contributed by atoms with Crippen molar-refractivity contribution in [3.8, 4) is 5.75 Å². The summed E-state index contributed by atoms with van der Waals surface area (Å²) in [6, 6.07) is 10.5. The van der Waals surface area contributed by atoms with Crippen molar-refractivity contribution >= 4 is 50.9 Å². The zero-order valence-electron chi connectivity index (χ0n) is 13.3. The maximum absolute atomic E-state index is 11.7. The van der Waals surface area contributed by atoms with Gasteiger partial charge in [-0.05, 0) is 48.4 Å². The lowest BCUT2D eigenvalue weighted by Crippen LogP contribution is -2.19. The van der Waals surface area contributed by atoms with Gasteiger partial charge in [-0.25, -0.2) is 4.79 Å². The van der Waals surface area contributed by atoms with Gasteiger partial charge in [0.1, 0.15) is 11.6 Å². The molecule has 0 radical (unpaired) electrons. The smallest absolute Gasteiger partial charge is 0.372 e. The molecule has 0 saturated carbocycles. The van der Waals surface area contributed by atoms with Crippen LogP contribution in [0, 0.1) is 6.92 Å². The van der Waals surface area contributed by atoms with E-state index in [0.29, 0.717) is 15.8 Å². The number of carbonyl (C=O) groups is 1. The SMILES string of the molecule is Cc1cc(Br)ccc1OCC(=O)ON=C(N)Cc1ccc(Cl)cc1Cl. The molecule has 0 aromatic heterocycles. The molecule has 0 amide bonds. The number of carbonyl (C=O) groups excluding carboxylic acids is 1. The van der Waals surface area contributed by atoms with Gasteiger partial charge in [0.15, 0.2) is 6.61 Å². The van der Waals surface area contributed by atoms with Gasteiger partial charge in [0.05, 0.1) is 0 Å². The summed E-state index contributed by atoms with van der Waals surface area (Å²) in [5.74, 6) is 0.0370. The van der Waals surface area contributed by atoms with E-state index in [9.17, 15) is 4.79 Å². The highest BCUT2D eigenvalue weighted by Gasteiger charge is 2.08. The second-order valence-corrected chi connectivity index (χ2v) is 6.92. The van der Waals surface area contributed by atoms with Crippen molar-refractivity contribution in [2.75, 3.05) is 6.61 Å². The quantitative estimate of drug-likeness (QED) is 0.307. The van der Waals surface area contributed by atoms with Gasteiger partial charge in [0.25, 0.3) is 0 Å². The minimum absolute atomic E-state index is 0.109. The van der Waals surface area contributed by atoms with Crippen molar-refractivity contribution in [1.29, 1.82) is 0 Å². The fourth-order valence-corrected chi connectivity index (χ4v) is 2.89. The summed E-state index contributed by atoms with van der Waals surface area (Å²) >= 11 is 15.2. The normalized spacial score (nSPS) is 11.3. The van der Waals surface area contributed by atoms with E-state index in [1.165, 1.54) is 0 Å². The first-order valence-electron chi connectivity index (χ1n) is 7.20. The zero-order valence-corrected chi connectivity index (χ0v) is 16.4. The second kappa shape index (κ2) is 9.08. The summed E-state index contributed by atoms with van der Waals surface area (Å²) in [6.07, 6.45) is 0.232. The average Bonchev–Trinajstić information content (AvgIpc) is 2.55. The highest BCUT2D eigenvalue weighted by Crippen LogP contribution is 2.22. The Morgan fingerprint density at radius 1 is 1.24 bits per heavy atom. The van der Waals surface area contributed by atoms with Crippen LogP contribution in [0.3, 0.4) is 0 Å². The number of aryl methyl sites for hydroxylation is 1. The minimum atomic E-state index is -0.660. The first-order valence-corrected chi connectivity index (χ1v) is 8.75. The molecule has 25 heavy (non-hydrogen) atoms. The molecule has 132 valence electrons.